The molecule has 0 aliphatic carbocycles. The van der Waals surface area contributed by atoms with Crippen molar-refractivity contribution in [1.82, 2.24) is 9.47 Å². The lowest BCUT2D eigenvalue weighted by Gasteiger charge is -2.16. The molecule has 0 saturated carbocycles. The van der Waals surface area contributed by atoms with E-state index < -0.39 is 11.9 Å². The van der Waals surface area contributed by atoms with Crippen LogP contribution in [-0.2, 0) is 22.7 Å². The molecular weight excluding hydrogens is 488 g/mol. The van der Waals surface area contributed by atoms with Crippen LogP contribution in [0.1, 0.15) is 21.5 Å². The number of carbonyl (C=O) groups is 3. The number of aromatic nitrogens is 1. The first kappa shape index (κ1) is 24.1. The number of fused-ring (bicyclic) bond motifs is 1. The van der Waals surface area contributed by atoms with E-state index in [9.17, 15) is 19.5 Å². The predicted octanol–water partition coefficient (Wildman–Crippen LogP) is 4.63. The molecule has 0 unspecified atom stereocenters. The molecule has 9 heteroatoms. The van der Waals surface area contributed by atoms with Crippen LogP contribution < -0.4 is 5.73 Å². The summed E-state index contributed by atoms with van der Waals surface area (Å²) in [5.74, 6) is -1.68. The monoisotopic (exact) mass is 510 g/mol. The van der Waals surface area contributed by atoms with Crippen LogP contribution in [0.4, 0.5) is 5.69 Å². The first-order valence-electron chi connectivity index (χ1n) is 11.4. The van der Waals surface area contributed by atoms with Crippen molar-refractivity contribution in [2.24, 2.45) is 10.7 Å². The van der Waals surface area contributed by atoms with Crippen molar-refractivity contribution in [2.75, 3.05) is 0 Å². The van der Waals surface area contributed by atoms with Gasteiger partial charge in [-0.25, -0.2) is 9.79 Å². The van der Waals surface area contributed by atoms with E-state index in [4.69, 9.17) is 10.7 Å². The smallest absolute Gasteiger partial charge is 0.335 e. The third-order valence-electron chi connectivity index (χ3n) is 5.84. The number of primary amides is 1. The normalized spacial score (nSPS) is 15.7. The molecule has 3 N–H and O–H groups in total. The lowest BCUT2D eigenvalue weighted by molar-refractivity contribution is -0.122. The molecule has 2 amide bonds. The number of aromatic carboxylic acids is 1. The predicted molar refractivity (Wildman–Crippen MR) is 144 cm³/mol. The number of benzene rings is 3. The number of carboxylic acids is 1. The molecule has 5 rings (SSSR count). The zero-order valence-corrected chi connectivity index (χ0v) is 20.4. The van der Waals surface area contributed by atoms with E-state index >= 15 is 0 Å². The number of carbonyl (C=O) groups excluding carboxylic acids is 2. The van der Waals surface area contributed by atoms with Crippen molar-refractivity contribution < 1.29 is 19.5 Å². The minimum absolute atomic E-state index is 0.0317. The summed E-state index contributed by atoms with van der Waals surface area (Å²) in [5, 5.41) is 10.6. The molecule has 184 valence electrons. The number of rotatable bonds is 7. The Bertz CT molecular complexity index is 1570. The zero-order valence-electron chi connectivity index (χ0n) is 19.6. The minimum Gasteiger partial charge on any atom is -0.478 e. The van der Waals surface area contributed by atoms with Crippen molar-refractivity contribution in [3.63, 3.8) is 0 Å². The topological polar surface area (TPSA) is 118 Å². The summed E-state index contributed by atoms with van der Waals surface area (Å²) < 4.78 is 1.77. The molecule has 0 atom stereocenters. The van der Waals surface area contributed by atoms with Gasteiger partial charge in [0.2, 0.25) is 5.91 Å². The molecule has 8 nitrogen and oxygen atoms in total. The van der Waals surface area contributed by atoms with Crippen molar-refractivity contribution in [2.45, 2.75) is 13.1 Å². The summed E-state index contributed by atoms with van der Waals surface area (Å²) in [5.41, 5.74) is 8.73. The first-order chi connectivity index (χ1) is 17.9. The molecular formula is C28H22N4O4S. The Morgan fingerprint density at radius 2 is 1.68 bits per heavy atom. The highest BCUT2D eigenvalue weighted by Gasteiger charge is 2.34. The van der Waals surface area contributed by atoms with Gasteiger partial charge in [-0.2, -0.15) is 0 Å². The molecule has 0 bridgehead atoms. The van der Waals surface area contributed by atoms with Gasteiger partial charge < -0.3 is 15.4 Å². The lowest BCUT2D eigenvalue weighted by Crippen LogP contribution is -2.28. The average molecular weight is 511 g/mol. The van der Waals surface area contributed by atoms with Gasteiger partial charge >= 0.3 is 5.97 Å². The van der Waals surface area contributed by atoms with E-state index in [1.807, 2.05) is 60.8 Å². The zero-order chi connectivity index (χ0) is 25.9. The highest BCUT2D eigenvalue weighted by molar-refractivity contribution is 8.18. The van der Waals surface area contributed by atoms with Crippen LogP contribution in [0.15, 0.2) is 95.0 Å². The Morgan fingerprint density at radius 3 is 2.38 bits per heavy atom. The second-order valence-electron chi connectivity index (χ2n) is 8.43. The molecule has 0 spiro atoms. The number of amides is 2. The number of hydrogen-bond donors (Lipinski definition) is 2. The van der Waals surface area contributed by atoms with Gasteiger partial charge in [0.15, 0.2) is 5.17 Å². The summed E-state index contributed by atoms with van der Waals surface area (Å²) in [4.78, 5) is 43.2. The van der Waals surface area contributed by atoms with E-state index in [0.717, 1.165) is 22.0 Å². The fourth-order valence-electron chi connectivity index (χ4n) is 4.11. The van der Waals surface area contributed by atoms with Crippen molar-refractivity contribution in [1.29, 1.82) is 0 Å². The SMILES string of the molecule is NC(=O)Cn1cc(/C=C2\SC(=Nc3ccccc3)N(Cc3ccc(C(=O)O)cc3)C2=O)c2ccccc21. The van der Waals surface area contributed by atoms with Crippen molar-refractivity contribution in [3.8, 4) is 0 Å². The Labute approximate surface area is 216 Å². The van der Waals surface area contributed by atoms with Crippen LogP contribution in [0.3, 0.4) is 0 Å². The van der Waals surface area contributed by atoms with Crippen molar-refractivity contribution >= 4 is 57.4 Å². The molecule has 1 aromatic heterocycles. The van der Waals surface area contributed by atoms with Gasteiger partial charge in [-0.3, -0.25) is 14.5 Å². The number of nitrogens with two attached hydrogens (primary N) is 1. The number of nitrogens with zero attached hydrogens (tertiary/aromatic N) is 3. The van der Waals surface area contributed by atoms with Crippen LogP contribution in [-0.4, -0.2) is 37.5 Å². The van der Waals surface area contributed by atoms with E-state index in [0.29, 0.717) is 15.8 Å². The van der Waals surface area contributed by atoms with Gasteiger partial charge in [0, 0.05) is 22.7 Å². The molecule has 4 aromatic rings. The molecule has 1 fully saturated rings. The minimum atomic E-state index is -1.01. The number of hydrogen-bond acceptors (Lipinski definition) is 5. The second kappa shape index (κ2) is 10.2. The van der Waals surface area contributed by atoms with Crippen LogP contribution in [0.25, 0.3) is 17.0 Å². The Balaban J connectivity index is 1.53. The highest BCUT2D eigenvalue weighted by Crippen LogP contribution is 2.36. The van der Waals surface area contributed by atoms with Crippen LogP contribution >= 0.6 is 11.8 Å². The largest absolute Gasteiger partial charge is 0.478 e. The Hall–Kier alpha value is -4.63. The molecule has 2 heterocycles. The maximum absolute atomic E-state index is 13.6. The molecule has 3 aromatic carbocycles. The number of para-hydroxylation sites is 2. The second-order valence-corrected chi connectivity index (χ2v) is 9.44. The Morgan fingerprint density at radius 1 is 0.973 bits per heavy atom. The molecule has 37 heavy (non-hydrogen) atoms. The van der Waals surface area contributed by atoms with Gasteiger partial charge in [0.25, 0.3) is 5.91 Å². The van der Waals surface area contributed by atoms with E-state index in [1.54, 1.807) is 27.7 Å². The summed E-state index contributed by atoms with van der Waals surface area (Å²) in [6.07, 6.45) is 3.62. The number of amidine groups is 1. The quantitative estimate of drug-likeness (QED) is 0.352. The maximum Gasteiger partial charge on any atom is 0.335 e. The molecule has 1 saturated heterocycles. The number of thioether (sulfide) groups is 1. The molecule has 1 aliphatic heterocycles. The standard InChI is InChI=1S/C28H22N4O4S/c29-25(33)17-31-16-20(22-8-4-5-9-23(22)31)14-24-26(34)32(15-18-10-12-19(13-11-18)27(35)36)28(37-24)30-21-6-2-1-3-7-21/h1-14,16H,15,17H2,(H2,29,33)(H,35,36)/b24-14-,30-28?. The highest BCUT2D eigenvalue weighted by atomic mass is 32.2. The average Bonchev–Trinajstić information content (AvgIpc) is 3.37. The van der Waals surface area contributed by atoms with E-state index in [1.165, 1.54) is 23.9 Å². The van der Waals surface area contributed by atoms with Crippen LogP contribution in [0.2, 0.25) is 0 Å². The molecule has 0 radical (unpaired) electrons. The van der Waals surface area contributed by atoms with Gasteiger partial charge in [-0.1, -0.05) is 48.5 Å². The van der Waals surface area contributed by atoms with E-state index in [-0.39, 0.29) is 24.6 Å². The molecule has 1 aliphatic rings. The van der Waals surface area contributed by atoms with Gasteiger partial charge in [-0.05, 0) is 53.7 Å². The van der Waals surface area contributed by atoms with Gasteiger partial charge in [-0.15, -0.1) is 0 Å². The number of carboxylic acid groups (broad SMARTS) is 1. The summed E-state index contributed by atoms with van der Waals surface area (Å²) in [6.45, 7) is 0.266. The number of aliphatic imine (C=N–C) groups is 1. The first-order valence-corrected chi connectivity index (χ1v) is 12.2. The van der Waals surface area contributed by atoms with Crippen LogP contribution in [0, 0.1) is 0 Å². The van der Waals surface area contributed by atoms with E-state index in [2.05, 4.69) is 0 Å². The van der Waals surface area contributed by atoms with Gasteiger partial charge in [0.1, 0.15) is 6.54 Å². The summed E-state index contributed by atoms with van der Waals surface area (Å²) >= 11 is 1.27. The Kier molecular flexibility index (Phi) is 6.61. The van der Waals surface area contributed by atoms with Gasteiger partial charge in [0.05, 0.1) is 22.7 Å². The fraction of sp³-hybridized carbons (Fsp3) is 0.0714. The lowest BCUT2D eigenvalue weighted by atomic mass is 10.1. The van der Waals surface area contributed by atoms with Crippen LogP contribution in [0.5, 0.6) is 0 Å². The third kappa shape index (κ3) is 5.17. The third-order valence-corrected chi connectivity index (χ3v) is 6.85. The van der Waals surface area contributed by atoms with Crippen molar-refractivity contribution in [3.05, 3.63) is 107 Å². The summed E-state index contributed by atoms with van der Waals surface area (Å²) in [7, 11) is 0. The fourth-order valence-corrected chi connectivity index (χ4v) is 5.10. The maximum atomic E-state index is 13.6. The summed E-state index contributed by atoms with van der Waals surface area (Å²) in [6, 6.07) is 23.4.